The molecule has 1 aromatic heterocycles. The van der Waals surface area contributed by atoms with E-state index in [4.69, 9.17) is 13.9 Å². The number of benzene rings is 1. The summed E-state index contributed by atoms with van der Waals surface area (Å²) in [7, 11) is 0. The van der Waals surface area contributed by atoms with E-state index >= 15 is 0 Å². The number of hydrogen-bond acceptors (Lipinski definition) is 9. The number of rotatable bonds is 5. The third-order valence-electron chi connectivity index (χ3n) is 4.58. The maximum Gasteiger partial charge on any atom is 0.229 e. The van der Waals surface area contributed by atoms with Gasteiger partial charge in [0.25, 0.3) is 0 Å². The average Bonchev–Trinajstić information content (AvgIpc) is 2.61. The predicted octanol–water partition coefficient (Wildman–Crippen LogP) is -0.588. The molecule has 9 nitrogen and oxygen atoms in total. The lowest BCUT2D eigenvalue weighted by atomic mass is 9.99. The summed E-state index contributed by atoms with van der Waals surface area (Å²) < 4.78 is 16.5. The number of carbonyl (C=O) groups excluding carboxylic acids is 1. The molecule has 0 aliphatic carbocycles. The lowest BCUT2D eigenvalue weighted by Gasteiger charge is -2.39. The Morgan fingerprint density at radius 3 is 2.50 bits per heavy atom. The molecule has 1 aliphatic heterocycles. The highest BCUT2D eigenvalue weighted by Crippen LogP contribution is 2.28. The van der Waals surface area contributed by atoms with Gasteiger partial charge in [0.05, 0.1) is 18.4 Å². The van der Waals surface area contributed by atoms with Crippen molar-refractivity contribution in [1.82, 2.24) is 0 Å². The summed E-state index contributed by atoms with van der Waals surface area (Å²) in [5.74, 6) is 0.236. The van der Waals surface area contributed by atoms with Crippen LogP contribution in [0, 0.1) is 6.92 Å². The normalized spacial score (nSPS) is 27.7. The Bertz CT molecular complexity index is 933. The number of aryl methyl sites for hydroxylation is 1. The van der Waals surface area contributed by atoms with Crippen molar-refractivity contribution >= 4 is 16.8 Å². The molecule has 0 radical (unpaired) electrons. The van der Waals surface area contributed by atoms with Gasteiger partial charge in [-0.15, -0.1) is 0 Å². The summed E-state index contributed by atoms with van der Waals surface area (Å²) in [6.07, 6.45) is -7.13. The van der Waals surface area contributed by atoms with Crippen LogP contribution in [0.2, 0.25) is 0 Å². The van der Waals surface area contributed by atoms with Crippen LogP contribution in [-0.2, 0) is 16.0 Å². The highest BCUT2D eigenvalue weighted by molar-refractivity contribution is 5.83. The van der Waals surface area contributed by atoms with Crippen LogP contribution in [0.3, 0.4) is 0 Å². The van der Waals surface area contributed by atoms with E-state index in [0.717, 1.165) is 0 Å². The molecule has 5 atom stereocenters. The number of Topliss-reactive ketones (excluding diaryl/α,β-unsaturated/α-hetero) is 1. The van der Waals surface area contributed by atoms with Crippen LogP contribution in [0.25, 0.3) is 11.0 Å². The van der Waals surface area contributed by atoms with Gasteiger partial charge in [-0.2, -0.15) is 0 Å². The zero-order chi connectivity index (χ0) is 20.6. The van der Waals surface area contributed by atoms with E-state index in [1.54, 1.807) is 6.92 Å². The smallest absolute Gasteiger partial charge is 0.229 e. The van der Waals surface area contributed by atoms with Gasteiger partial charge in [0.2, 0.25) is 6.29 Å². The molecule has 9 heteroatoms. The molecule has 0 amide bonds. The Labute approximate surface area is 159 Å². The summed E-state index contributed by atoms with van der Waals surface area (Å²) >= 11 is 0. The standard InChI is InChI=1S/C19H22O9/c1-8-3-10(27-19-18(25)17(24)16(23)14(7-20)28-19)6-13-15(8)12(22)5-11(26-13)4-9(2)21/h3,5-6,14,16-20,23-25H,4,7H2,1-2H3. The van der Waals surface area contributed by atoms with Crippen molar-refractivity contribution in [2.45, 2.75) is 51.0 Å². The van der Waals surface area contributed by atoms with E-state index in [0.29, 0.717) is 10.9 Å². The largest absolute Gasteiger partial charge is 0.462 e. The number of hydrogen-bond donors (Lipinski definition) is 4. The number of fused-ring (bicyclic) bond motifs is 1. The second-order valence-corrected chi connectivity index (χ2v) is 6.88. The Hall–Kier alpha value is -2.30. The van der Waals surface area contributed by atoms with Crippen LogP contribution in [-0.4, -0.2) is 63.5 Å². The number of aliphatic hydroxyl groups is 4. The summed E-state index contributed by atoms with van der Waals surface area (Å²) in [5, 5.41) is 39.4. The number of ketones is 1. The lowest BCUT2D eigenvalue weighted by Crippen LogP contribution is -2.60. The minimum atomic E-state index is -1.57. The highest BCUT2D eigenvalue weighted by Gasteiger charge is 2.44. The van der Waals surface area contributed by atoms with E-state index in [9.17, 15) is 30.0 Å². The van der Waals surface area contributed by atoms with Gasteiger partial charge in [-0.25, -0.2) is 0 Å². The molecule has 3 rings (SSSR count). The summed E-state index contributed by atoms with van der Waals surface area (Å²) in [5.41, 5.74) is 0.443. The molecular weight excluding hydrogens is 372 g/mol. The van der Waals surface area contributed by atoms with Gasteiger partial charge in [0, 0.05) is 12.1 Å². The molecule has 152 valence electrons. The van der Waals surface area contributed by atoms with Gasteiger partial charge >= 0.3 is 0 Å². The quantitative estimate of drug-likeness (QED) is 0.522. The molecule has 1 fully saturated rings. The monoisotopic (exact) mass is 394 g/mol. The number of carbonyl (C=O) groups is 1. The molecular formula is C19H22O9. The molecule has 1 aromatic carbocycles. The zero-order valence-electron chi connectivity index (χ0n) is 15.4. The molecule has 1 aliphatic rings. The first-order valence-corrected chi connectivity index (χ1v) is 8.75. The van der Waals surface area contributed by atoms with Crippen LogP contribution in [0.1, 0.15) is 18.2 Å². The molecule has 28 heavy (non-hydrogen) atoms. The van der Waals surface area contributed by atoms with Crippen LogP contribution in [0.15, 0.2) is 27.4 Å². The van der Waals surface area contributed by atoms with Crippen molar-refractivity contribution in [3.8, 4) is 5.75 Å². The average molecular weight is 394 g/mol. The minimum absolute atomic E-state index is 0.0258. The Morgan fingerprint density at radius 1 is 1.14 bits per heavy atom. The molecule has 0 spiro atoms. The van der Waals surface area contributed by atoms with E-state index in [2.05, 4.69) is 0 Å². The predicted molar refractivity (Wildman–Crippen MR) is 96.0 cm³/mol. The first-order valence-electron chi connectivity index (χ1n) is 8.75. The maximum atomic E-state index is 12.4. The Kier molecular flexibility index (Phi) is 5.82. The third kappa shape index (κ3) is 3.94. The van der Waals surface area contributed by atoms with Gasteiger partial charge in [-0.1, -0.05) is 0 Å². The van der Waals surface area contributed by atoms with Gasteiger partial charge in [0.15, 0.2) is 5.43 Å². The second-order valence-electron chi connectivity index (χ2n) is 6.88. The van der Waals surface area contributed by atoms with Crippen molar-refractivity contribution in [3.63, 3.8) is 0 Å². The van der Waals surface area contributed by atoms with Gasteiger partial charge < -0.3 is 34.3 Å². The van der Waals surface area contributed by atoms with Crippen LogP contribution in [0.4, 0.5) is 0 Å². The Balaban J connectivity index is 1.95. The number of aliphatic hydroxyl groups excluding tert-OH is 4. The van der Waals surface area contributed by atoms with Crippen molar-refractivity contribution in [2.75, 3.05) is 6.61 Å². The van der Waals surface area contributed by atoms with Crippen molar-refractivity contribution in [2.24, 2.45) is 0 Å². The zero-order valence-corrected chi connectivity index (χ0v) is 15.4. The molecule has 0 saturated carbocycles. The lowest BCUT2D eigenvalue weighted by molar-refractivity contribution is -0.277. The molecule has 1 saturated heterocycles. The molecule has 4 N–H and O–H groups in total. The molecule has 5 unspecified atom stereocenters. The summed E-state index contributed by atoms with van der Waals surface area (Å²) in [6.45, 7) is 2.48. The fourth-order valence-electron chi connectivity index (χ4n) is 3.21. The first-order chi connectivity index (χ1) is 13.2. The molecule has 2 heterocycles. The second kappa shape index (κ2) is 7.98. The van der Waals surface area contributed by atoms with Crippen LogP contribution in [0.5, 0.6) is 5.75 Å². The maximum absolute atomic E-state index is 12.4. The highest BCUT2D eigenvalue weighted by atomic mass is 16.7. The van der Waals surface area contributed by atoms with Gasteiger partial charge in [-0.05, 0) is 25.5 Å². The van der Waals surface area contributed by atoms with E-state index in [1.165, 1.54) is 25.1 Å². The van der Waals surface area contributed by atoms with E-state index in [-0.39, 0.29) is 34.7 Å². The fourth-order valence-corrected chi connectivity index (χ4v) is 3.21. The summed E-state index contributed by atoms with van der Waals surface area (Å²) in [6, 6.07) is 4.22. The topological polar surface area (TPSA) is 147 Å². The van der Waals surface area contributed by atoms with Crippen molar-refractivity contribution < 1.29 is 39.1 Å². The van der Waals surface area contributed by atoms with Gasteiger partial charge in [0.1, 0.15) is 47.3 Å². The number of ether oxygens (including phenoxy) is 2. The SMILES string of the molecule is CC(=O)Cc1cc(=O)c2c(C)cc(OC3OC(CO)C(O)C(O)C3O)cc2o1. The molecule has 0 bridgehead atoms. The third-order valence-corrected chi connectivity index (χ3v) is 4.58. The van der Waals surface area contributed by atoms with Crippen LogP contribution < -0.4 is 10.2 Å². The Morgan fingerprint density at radius 2 is 1.86 bits per heavy atom. The van der Waals surface area contributed by atoms with E-state index in [1.807, 2.05) is 0 Å². The summed E-state index contributed by atoms with van der Waals surface area (Å²) in [4.78, 5) is 23.7. The van der Waals surface area contributed by atoms with Crippen molar-refractivity contribution in [1.29, 1.82) is 0 Å². The minimum Gasteiger partial charge on any atom is -0.462 e. The fraction of sp³-hybridized carbons (Fsp3) is 0.474. The van der Waals surface area contributed by atoms with E-state index < -0.39 is 37.3 Å². The molecule has 2 aromatic rings. The van der Waals surface area contributed by atoms with Crippen molar-refractivity contribution in [3.05, 3.63) is 39.7 Å². The van der Waals surface area contributed by atoms with Crippen LogP contribution >= 0.6 is 0 Å². The van der Waals surface area contributed by atoms with Gasteiger partial charge in [-0.3, -0.25) is 9.59 Å². The first kappa shape index (κ1) is 20.4.